The van der Waals surface area contributed by atoms with Gasteiger partial charge in [-0.3, -0.25) is 14.4 Å². The van der Waals surface area contributed by atoms with Gasteiger partial charge in [-0.05, 0) is 31.9 Å². The molecule has 0 spiro atoms. The molecule has 6 nitrogen and oxygen atoms in total. The third-order valence-corrected chi connectivity index (χ3v) is 4.28. The van der Waals surface area contributed by atoms with Crippen LogP contribution in [0.15, 0.2) is 18.5 Å². The van der Waals surface area contributed by atoms with Crippen molar-refractivity contribution in [3.8, 4) is 0 Å². The number of carbonyl (C=O) groups excluding carboxylic acids is 1. The van der Waals surface area contributed by atoms with Crippen molar-refractivity contribution in [3.63, 3.8) is 0 Å². The van der Waals surface area contributed by atoms with Gasteiger partial charge in [-0.15, -0.1) is 0 Å². The molecule has 0 aliphatic carbocycles. The second kappa shape index (κ2) is 7.04. The van der Waals surface area contributed by atoms with E-state index in [1.165, 1.54) is 12.8 Å². The Balaban J connectivity index is 1.47. The zero-order valence-electron chi connectivity index (χ0n) is 12.5. The van der Waals surface area contributed by atoms with Crippen LogP contribution in [0.5, 0.6) is 0 Å². The van der Waals surface area contributed by atoms with Crippen molar-refractivity contribution in [2.45, 2.75) is 31.9 Å². The SMILES string of the molecule is O=C(Cn1cccn1)N1CCCN(C[C@@H]2CCCO2)CC1. The molecule has 0 saturated carbocycles. The van der Waals surface area contributed by atoms with Gasteiger partial charge in [-0.25, -0.2) is 0 Å². The van der Waals surface area contributed by atoms with E-state index in [1.807, 2.05) is 17.2 Å². The van der Waals surface area contributed by atoms with Crippen molar-refractivity contribution in [2.75, 3.05) is 39.3 Å². The second-order valence-corrected chi connectivity index (χ2v) is 5.87. The average molecular weight is 292 g/mol. The van der Waals surface area contributed by atoms with Crippen LogP contribution in [0.4, 0.5) is 0 Å². The average Bonchev–Trinajstić information content (AvgIpc) is 3.11. The van der Waals surface area contributed by atoms with Crippen LogP contribution in [0.2, 0.25) is 0 Å². The third kappa shape index (κ3) is 4.04. The van der Waals surface area contributed by atoms with Crippen molar-refractivity contribution in [3.05, 3.63) is 18.5 Å². The molecule has 1 aromatic heterocycles. The highest BCUT2D eigenvalue weighted by Crippen LogP contribution is 2.14. The first-order valence-electron chi connectivity index (χ1n) is 7.90. The van der Waals surface area contributed by atoms with E-state index in [9.17, 15) is 4.79 Å². The lowest BCUT2D eigenvalue weighted by atomic mass is 10.2. The number of amides is 1. The lowest BCUT2D eigenvalue weighted by Crippen LogP contribution is -2.38. The highest BCUT2D eigenvalue weighted by Gasteiger charge is 2.23. The molecule has 2 fully saturated rings. The highest BCUT2D eigenvalue weighted by molar-refractivity contribution is 5.75. The molecule has 2 aliphatic rings. The molecule has 1 aromatic rings. The minimum absolute atomic E-state index is 0.165. The molecule has 0 N–H and O–H groups in total. The van der Waals surface area contributed by atoms with E-state index in [2.05, 4.69) is 10.00 Å². The van der Waals surface area contributed by atoms with E-state index in [0.717, 1.165) is 45.8 Å². The summed E-state index contributed by atoms with van der Waals surface area (Å²) < 4.78 is 7.40. The van der Waals surface area contributed by atoms with Gasteiger partial charge in [0.1, 0.15) is 6.54 Å². The number of hydrogen-bond acceptors (Lipinski definition) is 4. The number of ether oxygens (including phenoxy) is 1. The fourth-order valence-corrected chi connectivity index (χ4v) is 3.11. The summed E-state index contributed by atoms with van der Waals surface area (Å²) in [7, 11) is 0. The third-order valence-electron chi connectivity index (χ3n) is 4.28. The van der Waals surface area contributed by atoms with Gasteiger partial charge in [0.05, 0.1) is 6.10 Å². The van der Waals surface area contributed by atoms with Crippen LogP contribution in [0.3, 0.4) is 0 Å². The molecule has 0 radical (unpaired) electrons. The zero-order valence-corrected chi connectivity index (χ0v) is 12.5. The Bertz CT molecular complexity index is 443. The van der Waals surface area contributed by atoms with Gasteiger partial charge in [-0.1, -0.05) is 0 Å². The van der Waals surface area contributed by atoms with Gasteiger partial charge in [0.15, 0.2) is 0 Å². The molecular weight excluding hydrogens is 268 g/mol. The summed E-state index contributed by atoms with van der Waals surface area (Å²) in [4.78, 5) is 16.7. The number of hydrogen-bond donors (Lipinski definition) is 0. The minimum Gasteiger partial charge on any atom is -0.377 e. The van der Waals surface area contributed by atoms with Crippen LogP contribution in [-0.4, -0.2) is 70.9 Å². The van der Waals surface area contributed by atoms with Crippen LogP contribution in [0.25, 0.3) is 0 Å². The predicted octanol–water partition coefficient (Wildman–Crippen LogP) is 0.596. The molecule has 1 amide bonds. The van der Waals surface area contributed by atoms with Crippen LogP contribution < -0.4 is 0 Å². The maximum Gasteiger partial charge on any atom is 0.244 e. The van der Waals surface area contributed by atoms with Crippen molar-refractivity contribution in [2.24, 2.45) is 0 Å². The number of carbonyl (C=O) groups is 1. The first-order chi connectivity index (χ1) is 10.3. The Kier molecular flexibility index (Phi) is 4.87. The molecule has 21 heavy (non-hydrogen) atoms. The lowest BCUT2D eigenvalue weighted by Gasteiger charge is -2.24. The fraction of sp³-hybridized carbons (Fsp3) is 0.733. The minimum atomic E-state index is 0.165. The molecule has 116 valence electrons. The summed E-state index contributed by atoms with van der Waals surface area (Å²) in [5.41, 5.74) is 0. The van der Waals surface area contributed by atoms with Crippen LogP contribution in [-0.2, 0) is 16.1 Å². The molecule has 1 atom stereocenters. The van der Waals surface area contributed by atoms with Crippen LogP contribution >= 0.6 is 0 Å². The molecule has 0 bridgehead atoms. The van der Waals surface area contributed by atoms with Crippen molar-refractivity contribution >= 4 is 5.91 Å². The van der Waals surface area contributed by atoms with E-state index < -0.39 is 0 Å². The normalized spacial score (nSPS) is 24.2. The topological polar surface area (TPSA) is 50.6 Å². The fourth-order valence-electron chi connectivity index (χ4n) is 3.11. The van der Waals surface area contributed by atoms with Gasteiger partial charge in [-0.2, -0.15) is 5.10 Å². The van der Waals surface area contributed by atoms with Gasteiger partial charge in [0.25, 0.3) is 0 Å². The van der Waals surface area contributed by atoms with E-state index >= 15 is 0 Å². The molecule has 2 aliphatic heterocycles. The van der Waals surface area contributed by atoms with Crippen molar-refractivity contribution < 1.29 is 9.53 Å². The largest absolute Gasteiger partial charge is 0.377 e. The standard InChI is InChI=1S/C15H24N4O2/c20-15(13-19-8-2-5-16-19)18-7-3-6-17(9-10-18)12-14-4-1-11-21-14/h2,5,8,14H,1,3-4,6-7,9-13H2/t14-/m0/s1. The van der Waals surface area contributed by atoms with Gasteiger partial charge in [0, 0.05) is 45.2 Å². The summed E-state index contributed by atoms with van der Waals surface area (Å²) in [5.74, 6) is 0.165. The monoisotopic (exact) mass is 292 g/mol. The summed E-state index contributed by atoms with van der Waals surface area (Å²) in [5, 5.41) is 4.10. The smallest absolute Gasteiger partial charge is 0.244 e. The Morgan fingerprint density at radius 1 is 1.24 bits per heavy atom. The van der Waals surface area contributed by atoms with Gasteiger partial charge in [0.2, 0.25) is 5.91 Å². The number of rotatable bonds is 4. The van der Waals surface area contributed by atoms with Crippen molar-refractivity contribution in [1.82, 2.24) is 19.6 Å². The van der Waals surface area contributed by atoms with E-state index in [0.29, 0.717) is 12.6 Å². The number of nitrogens with zero attached hydrogens (tertiary/aromatic N) is 4. The quantitative estimate of drug-likeness (QED) is 0.815. The summed E-state index contributed by atoms with van der Waals surface area (Å²) in [6.45, 7) is 5.94. The van der Waals surface area contributed by atoms with E-state index in [-0.39, 0.29) is 5.91 Å². The van der Waals surface area contributed by atoms with Crippen LogP contribution in [0, 0.1) is 0 Å². The number of aromatic nitrogens is 2. The molecule has 3 heterocycles. The first kappa shape index (κ1) is 14.5. The molecule has 6 heteroatoms. The Hall–Kier alpha value is -1.40. The zero-order chi connectivity index (χ0) is 14.5. The Labute approximate surface area is 125 Å². The molecule has 3 rings (SSSR count). The Morgan fingerprint density at radius 3 is 2.95 bits per heavy atom. The predicted molar refractivity (Wildman–Crippen MR) is 78.8 cm³/mol. The molecular formula is C15H24N4O2. The van der Waals surface area contributed by atoms with Gasteiger partial charge >= 0.3 is 0 Å². The molecule has 0 unspecified atom stereocenters. The van der Waals surface area contributed by atoms with Gasteiger partial charge < -0.3 is 9.64 Å². The first-order valence-corrected chi connectivity index (χ1v) is 7.90. The summed E-state index contributed by atoms with van der Waals surface area (Å²) >= 11 is 0. The van der Waals surface area contributed by atoms with E-state index in [1.54, 1.807) is 10.9 Å². The summed E-state index contributed by atoms with van der Waals surface area (Å²) in [6.07, 6.45) is 7.35. The van der Waals surface area contributed by atoms with Crippen molar-refractivity contribution in [1.29, 1.82) is 0 Å². The molecule has 0 aromatic carbocycles. The lowest BCUT2D eigenvalue weighted by molar-refractivity contribution is -0.131. The van der Waals surface area contributed by atoms with E-state index in [4.69, 9.17) is 4.74 Å². The Morgan fingerprint density at radius 2 is 2.19 bits per heavy atom. The second-order valence-electron chi connectivity index (χ2n) is 5.87. The maximum absolute atomic E-state index is 12.3. The van der Waals surface area contributed by atoms with Crippen LogP contribution in [0.1, 0.15) is 19.3 Å². The maximum atomic E-state index is 12.3. The summed E-state index contributed by atoms with van der Waals surface area (Å²) in [6, 6.07) is 1.85. The molecule has 2 saturated heterocycles. The highest BCUT2D eigenvalue weighted by atomic mass is 16.5.